The molecule has 0 amide bonds. The van der Waals surface area contributed by atoms with Gasteiger partial charge in [0.2, 0.25) is 5.90 Å². The third-order valence-corrected chi connectivity index (χ3v) is 4.60. The van der Waals surface area contributed by atoms with E-state index in [1.165, 1.54) is 26.2 Å². The highest BCUT2D eigenvalue weighted by atomic mass is 35.5. The molecule has 0 bridgehead atoms. The Morgan fingerprint density at radius 2 is 1.93 bits per heavy atom. The van der Waals surface area contributed by atoms with Crippen LogP contribution in [0.25, 0.3) is 12.2 Å². The molecule has 2 aromatic carbocycles. The fraction of sp³-hybridized carbons (Fsp3) is 0.0952. The van der Waals surface area contributed by atoms with E-state index in [0.29, 0.717) is 26.9 Å². The molecule has 0 aromatic heterocycles. The number of hydrogen-bond acceptors (Lipinski definition) is 6. The third-order valence-electron chi connectivity index (χ3n) is 3.77. The Hall–Kier alpha value is -3.09. The number of ether oxygens (including phenoxy) is 3. The Bertz CT molecular complexity index is 1070. The number of carbonyl (C=O) groups is 2. The van der Waals surface area contributed by atoms with E-state index in [-0.39, 0.29) is 17.3 Å². The highest BCUT2D eigenvalue weighted by molar-refractivity contribution is 6.42. The molecule has 0 fully saturated rings. The number of methoxy groups -OCH3 is 1. The van der Waals surface area contributed by atoms with E-state index < -0.39 is 11.9 Å². The predicted molar refractivity (Wildman–Crippen MR) is 111 cm³/mol. The van der Waals surface area contributed by atoms with Gasteiger partial charge < -0.3 is 14.2 Å². The molecule has 8 heteroatoms. The average molecular weight is 432 g/mol. The molecule has 0 radical (unpaired) electrons. The smallest absolute Gasteiger partial charge is 0.363 e. The summed E-state index contributed by atoms with van der Waals surface area (Å²) in [6, 6.07) is 10.1. The summed E-state index contributed by atoms with van der Waals surface area (Å²) in [5.74, 6) is -0.303. The number of cyclic esters (lactones) is 1. The van der Waals surface area contributed by atoms with Gasteiger partial charge in [0.15, 0.2) is 17.2 Å². The molecule has 1 aliphatic rings. The highest BCUT2D eigenvalue weighted by Crippen LogP contribution is 2.30. The molecule has 0 N–H and O–H groups in total. The average Bonchev–Trinajstić information content (AvgIpc) is 3.03. The molecule has 1 aliphatic heterocycles. The van der Waals surface area contributed by atoms with Gasteiger partial charge in [0, 0.05) is 13.0 Å². The van der Waals surface area contributed by atoms with Crippen molar-refractivity contribution < 1.29 is 23.8 Å². The minimum Gasteiger partial charge on any atom is -0.493 e. The highest BCUT2D eigenvalue weighted by Gasteiger charge is 2.21. The molecule has 0 saturated carbocycles. The standard InChI is InChI=1S/C21H15Cl2NO5/c1-12(25)28-17-8-6-13(11-18(17)27-2)10-16-21(26)29-19(24-16)9-7-14-4-3-5-15(22)20(14)23/h3-11H,1-2H3. The lowest BCUT2D eigenvalue weighted by atomic mass is 10.1. The van der Waals surface area contributed by atoms with Crippen molar-refractivity contribution in [2.24, 2.45) is 4.99 Å². The maximum atomic E-state index is 12.1. The van der Waals surface area contributed by atoms with E-state index >= 15 is 0 Å². The summed E-state index contributed by atoms with van der Waals surface area (Å²) >= 11 is 12.1. The lowest BCUT2D eigenvalue weighted by Gasteiger charge is -2.08. The molecular weight excluding hydrogens is 417 g/mol. The zero-order valence-corrected chi connectivity index (χ0v) is 17.0. The molecule has 0 saturated heterocycles. The van der Waals surface area contributed by atoms with Gasteiger partial charge in [-0.1, -0.05) is 41.4 Å². The normalized spacial score (nSPS) is 14.8. The van der Waals surface area contributed by atoms with E-state index in [1.54, 1.807) is 42.5 Å². The molecule has 0 unspecified atom stereocenters. The van der Waals surface area contributed by atoms with Gasteiger partial charge in [-0.3, -0.25) is 4.79 Å². The molecule has 1 heterocycles. The molecule has 0 atom stereocenters. The monoisotopic (exact) mass is 431 g/mol. The topological polar surface area (TPSA) is 74.2 Å². The number of rotatable bonds is 5. The van der Waals surface area contributed by atoms with Crippen LogP contribution in [0.2, 0.25) is 10.0 Å². The van der Waals surface area contributed by atoms with Crippen LogP contribution in [0.5, 0.6) is 11.5 Å². The number of hydrogen-bond donors (Lipinski definition) is 0. The summed E-state index contributed by atoms with van der Waals surface area (Å²) in [5.41, 5.74) is 1.40. The van der Waals surface area contributed by atoms with Crippen molar-refractivity contribution in [2.75, 3.05) is 7.11 Å². The van der Waals surface area contributed by atoms with Crippen molar-refractivity contribution in [1.82, 2.24) is 0 Å². The quantitative estimate of drug-likeness (QED) is 0.380. The van der Waals surface area contributed by atoms with Gasteiger partial charge in [-0.2, -0.15) is 0 Å². The van der Waals surface area contributed by atoms with E-state index in [1.807, 2.05) is 0 Å². The van der Waals surface area contributed by atoms with Crippen molar-refractivity contribution in [3.63, 3.8) is 0 Å². The Labute approximate surface area is 177 Å². The molecule has 29 heavy (non-hydrogen) atoms. The summed E-state index contributed by atoms with van der Waals surface area (Å²) in [5, 5.41) is 0.817. The fourth-order valence-corrected chi connectivity index (χ4v) is 2.85. The summed E-state index contributed by atoms with van der Waals surface area (Å²) in [6.45, 7) is 1.30. The second-order valence-electron chi connectivity index (χ2n) is 5.85. The van der Waals surface area contributed by atoms with Crippen LogP contribution in [-0.2, 0) is 14.3 Å². The van der Waals surface area contributed by atoms with E-state index in [2.05, 4.69) is 4.99 Å². The van der Waals surface area contributed by atoms with Gasteiger partial charge >= 0.3 is 11.9 Å². The summed E-state index contributed by atoms with van der Waals surface area (Å²) in [6.07, 6.45) is 4.72. The SMILES string of the molecule is COc1cc(C=C2N=C(C=Cc3cccc(Cl)c3Cl)OC2=O)ccc1OC(C)=O. The van der Waals surface area contributed by atoms with Crippen LogP contribution in [0.3, 0.4) is 0 Å². The molecule has 3 rings (SSSR count). The fourth-order valence-electron chi connectivity index (χ4n) is 2.48. The van der Waals surface area contributed by atoms with Gasteiger partial charge in [-0.25, -0.2) is 9.79 Å². The van der Waals surface area contributed by atoms with Crippen LogP contribution >= 0.6 is 23.2 Å². The van der Waals surface area contributed by atoms with Crippen molar-refractivity contribution in [2.45, 2.75) is 6.92 Å². The molecule has 2 aromatic rings. The van der Waals surface area contributed by atoms with Crippen LogP contribution in [0.1, 0.15) is 18.1 Å². The number of benzene rings is 2. The van der Waals surface area contributed by atoms with Gasteiger partial charge in [0.1, 0.15) is 0 Å². The number of carbonyl (C=O) groups excluding carboxylic acids is 2. The van der Waals surface area contributed by atoms with E-state index in [4.69, 9.17) is 37.4 Å². The summed E-state index contributed by atoms with van der Waals surface area (Å²) in [4.78, 5) is 27.4. The van der Waals surface area contributed by atoms with Crippen LogP contribution < -0.4 is 9.47 Å². The lowest BCUT2D eigenvalue weighted by Crippen LogP contribution is -2.03. The first-order valence-corrected chi connectivity index (χ1v) is 9.14. The van der Waals surface area contributed by atoms with Gasteiger partial charge in [-0.15, -0.1) is 0 Å². The molecule has 148 valence electrons. The second kappa shape index (κ2) is 8.94. The lowest BCUT2D eigenvalue weighted by molar-refractivity contribution is -0.132. The molecule has 0 spiro atoms. The van der Waals surface area contributed by atoms with E-state index in [0.717, 1.165) is 0 Å². The van der Waals surface area contributed by atoms with Crippen LogP contribution in [0.15, 0.2) is 53.2 Å². The number of esters is 2. The van der Waals surface area contributed by atoms with Crippen molar-refractivity contribution >= 4 is 53.2 Å². The van der Waals surface area contributed by atoms with Crippen molar-refractivity contribution in [1.29, 1.82) is 0 Å². The maximum absolute atomic E-state index is 12.1. The van der Waals surface area contributed by atoms with Gasteiger partial charge in [-0.05, 0) is 41.5 Å². The van der Waals surface area contributed by atoms with E-state index in [9.17, 15) is 9.59 Å². The van der Waals surface area contributed by atoms with Crippen molar-refractivity contribution in [3.8, 4) is 11.5 Å². The second-order valence-corrected chi connectivity index (χ2v) is 6.63. The first-order chi connectivity index (χ1) is 13.9. The molecule has 6 nitrogen and oxygen atoms in total. The Morgan fingerprint density at radius 3 is 2.66 bits per heavy atom. The van der Waals surface area contributed by atoms with Gasteiger partial charge in [0.25, 0.3) is 0 Å². The first-order valence-electron chi connectivity index (χ1n) is 8.38. The van der Waals surface area contributed by atoms with Crippen molar-refractivity contribution in [3.05, 3.63) is 69.3 Å². The largest absolute Gasteiger partial charge is 0.493 e. The van der Waals surface area contributed by atoms with Crippen LogP contribution in [0, 0.1) is 0 Å². The molecule has 0 aliphatic carbocycles. The minimum absolute atomic E-state index is 0.115. The zero-order chi connectivity index (χ0) is 21.0. The third kappa shape index (κ3) is 5.04. The number of nitrogens with zero attached hydrogens (tertiary/aromatic N) is 1. The summed E-state index contributed by atoms with van der Waals surface area (Å²) in [7, 11) is 1.45. The predicted octanol–water partition coefficient (Wildman–Crippen LogP) is 4.94. The minimum atomic E-state index is -0.593. The Balaban J connectivity index is 1.84. The Morgan fingerprint density at radius 1 is 1.14 bits per heavy atom. The van der Waals surface area contributed by atoms with Crippen LogP contribution in [-0.4, -0.2) is 24.9 Å². The first kappa shape index (κ1) is 20.6. The zero-order valence-electron chi connectivity index (χ0n) is 15.4. The maximum Gasteiger partial charge on any atom is 0.363 e. The number of halogens is 2. The Kier molecular flexibility index (Phi) is 6.36. The number of aliphatic imine (C=N–C) groups is 1. The van der Waals surface area contributed by atoms with Gasteiger partial charge in [0.05, 0.1) is 17.2 Å². The van der Waals surface area contributed by atoms with Crippen LogP contribution in [0.4, 0.5) is 0 Å². The molecular formula is C21H15Cl2NO5. The summed E-state index contributed by atoms with van der Waals surface area (Å²) < 4.78 is 15.4.